The highest BCUT2D eigenvalue weighted by Crippen LogP contribution is 2.23. The number of hydrogen-bond acceptors (Lipinski definition) is 4. The van der Waals surface area contributed by atoms with E-state index in [9.17, 15) is 9.59 Å². The number of nitrogens with zero attached hydrogens (tertiary/aromatic N) is 1. The van der Waals surface area contributed by atoms with E-state index in [2.05, 4.69) is 10.3 Å². The molecule has 0 fully saturated rings. The third-order valence-electron chi connectivity index (χ3n) is 4.88. The summed E-state index contributed by atoms with van der Waals surface area (Å²) < 4.78 is 5.23. The summed E-state index contributed by atoms with van der Waals surface area (Å²) in [6.45, 7) is 1.79. The van der Waals surface area contributed by atoms with Crippen LogP contribution in [0.15, 0.2) is 78.9 Å². The summed E-state index contributed by atoms with van der Waals surface area (Å²) in [5.74, 6) is 0.345. The second kappa shape index (κ2) is 8.17. The molecule has 3 aromatic carbocycles. The zero-order valence-corrected chi connectivity index (χ0v) is 16.7. The molecule has 1 aromatic heterocycles. The van der Waals surface area contributed by atoms with E-state index < -0.39 is 0 Å². The predicted octanol–water partition coefficient (Wildman–Crippen LogP) is 5.04. The highest BCUT2D eigenvalue weighted by atomic mass is 16.5. The maximum Gasteiger partial charge on any atom is 0.257 e. The van der Waals surface area contributed by atoms with E-state index in [0.29, 0.717) is 33.8 Å². The number of benzene rings is 3. The van der Waals surface area contributed by atoms with Crippen LogP contribution in [0.1, 0.15) is 32.0 Å². The maximum absolute atomic E-state index is 12.9. The summed E-state index contributed by atoms with van der Waals surface area (Å²) in [5.41, 5.74) is 3.53. The molecule has 5 heteroatoms. The number of aromatic nitrogens is 1. The molecule has 0 saturated carbocycles. The molecule has 148 valence electrons. The summed E-state index contributed by atoms with van der Waals surface area (Å²) in [7, 11) is 1.60. The molecule has 1 N–H and O–H groups in total. The fraction of sp³-hybridized carbons (Fsp3) is 0.0800. The number of fused-ring (bicyclic) bond motifs is 1. The lowest BCUT2D eigenvalue weighted by atomic mass is 10.0. The van der Waals surface area contributed by atoms with Gasteiger partial charge in [0.1, 0.15) is 5.75 Å². The second-order valence-corrected chi connectivity index (χ2v) is 6.91. The van der Waals surface area contributed by atoms with Crippen molar-refractivity contribution in [2.75, 3.05) is 12.4 Å². The summed E-state index contributed by atoms with van der Waals surface area (Å²) in [6.07, 6.45) is 0. The van der Waals surface area contributed by atoms with Crippen LogP contribution < -0.4 is 10.1 Å². The van der Waals surface area contributed by atoms with Gasteiger partial charge in [-0.2, -0.15) is 0 Å². The quantitative estimate of drug-likeness (QED) is 0.480. The number of carbonyl (C=O) groups excluding carboxylic acids is 2. The summed E-state index contributed by atoms with van der Waals surface area (Å²) in [6, 6.07) is 23.3. The zero-order valence-electron chi connectivity index (χ0n) is 16.7. The minimum atomic E-state index is -0.276. The summed E-state index contributed by atoms with van der Waals surface area (Å²) in [5, 5.41) is 3.72. The molecule has 30 heavy (non-hydrogen) atoms. The number of pyridine rings is 1. The van der Waals surface area contributed by atoms with Crippen LogP contribution in [0.3, 0.4) is 0 Å². The van der Waals surface area contributed by atoms with E-state index >= 15 is 0 Å². The lowest BCUT2D eigenvalue weighted by molar-refractivity contribution is 0.102. The number of aryl methyl sites for hydroxylation is 1. The molecular formula is C25H20N2O3. The van der Waals surface area contributed by atoms with Crippen molar-refractivity contribution in [1.82, 2.24) is 4.98 Å². The molecule has 5 nitrogen and oxygen atoms in total. The fourth-order valence-corrected chi connectivity index (χ4v) is 3.29. The average molecular weight is 396 g/mol. The largest absolute Gasteiger partial charge is 0.497 e. The standard InChI is InChI=1S/C25H20N2O3/c1-16-22(14-18-11-12-21(30-2)15-23(18)26-16)25(29)27-20-10-6-9-19(13-20)24(28)17-7-4-3-5-8-17/h3-15H,1-2H3,(H,27,29). The molecule has 0 saturated heterocycles. The fourth-order valence-electron chi connectivity index (χ4n) is 3.29. The number of ketones is 1. The Labute approximate surface area is 174 Å². The predicted molar refractivity (Wildman–Crippen MR) is 117 cm³/mol. The molecular weight excluding hydrogens is 376 g/mol. The van der Waals surface area contributed by atoms with Gasteiger partial charge in [-0.15, -0.1) is 0 Å². The van der Waals surface area contributed by atoms with Crippen LogP contribution in [0, 0.1) is 6.92 Å². The van der Waals surface area contributed by atoms with Gasteiger partial charge >= 0.3 is 0 Å². The van der Waals surface area contributed by atoms with Gasteiger partial charge in [-0.1, -0.05) is 42.5 Å². The Kier molecular flexibility index (Phi) is 5.26. The molecule has 0 bridgehead atoms. The zero-order chi connectivity index (χ0) is 21.1. The van der Waals surface area contributed by atoms with E-state index in [1.807, 2.05) is 42.5 Å². The van der Waals surface area contributed by atoms with E-state index in [-0.39, 0.29) is 11.7 Å². The molecule has 1 heterocycles. The number of ether oxygens (including phenoxy) is 1. The van der Waals surface area contributed by atoms with Gasteiger partial charge in [0.05, 0.1) is 23.9 Å². The van der Waals surface area contributed by atoms with E-state index in [1.54, 1.807) is 50.4 Å². The number of methoxy groups -OCH3 is 1. The Morgan fingerprint density at radius 3 is 2.40 bits per heavy atom. The SMILES string of the molecule is COc1ccc2cc(C(=O)Nc3cccc(C(=O)c4ccccc4)c3)c(C)nc2c1. The normalized spacial score (nSPS) is 10.6. The van der Waals surface area contributed by atoms with Crippen molar-refractivity contribution in [3.63, 3.8) is 0 Å². The maximum atomic E-state index is 12.9. The number of rotatable bonds is 5. The first-order valence-corrected chi connectivity index (χ1v) is 9.52. The highest BCUT2D eigenvalue weighted by Gasteiger charge is 2.14. The van der Waals surface area contributed by atoms with Crippen molar-refractivity contribution >= 4 is 28.3 Å². The van der Waals surface area contributed by atoms with Crippen molar-refractivity contribution in [3.05, 3.63) is 101 Å². The average Bonchev–Trinajstić information content (AvgIpc) is 2.78. The van der Waals surface area contributed by atoms with Crippen LogP contribution >= 0.6 is 0 Å². The molecule has 0 atom stereocenters. The minimum Gasteiger partial charge on any atom is -0.497 e. The van der Waals surface area contributed by atoms with Gasteiger partial charge < -0.3 is 10.1 Å². The molecule has 1 amide bonds. The number of hydrogen-bond donors (Lipinski definition) is 1. The molecule has 0 aliphatic carbocycles. The second-order valence-electron chi connectivity index (χ2n) is 6.91. The Morgan fingerprint density at radius 2 is 1.63 bits per heavy atom. The Hall–Kier alpha value is -3.99. The molecule has 0 aliphatic heterocycles. The van der Waals surface area contributed by atoms with Gasteiger partial charge in [-0.05, 0) is 37.3 Å². The molecule has 0 spiro atoms. The van der Waals surface area contributed by atoms with Crippen LogP contribution in [-0.4, -0.2) is 23.8 Å². The van der Waals surface area contributed by atoms with E-state index in [4.69, 9.17) is 4.74 Å². The van der Waals surface area contributed by atoms with Crippen molar-refractivity contribution in [1.29, 1.82) is 0 Å². The van der Waals surface area contributed by atoms with Gasteiger partial charge in [-0.25, -0.2) is 0 Å². The third kappa shape index (κ3) is 3.91. The number of anilines is 1. The van der Waals surface area contributed by atoms with Gasteiger partial charge in [0.2, 0.25) is 0 Å². The van der Waals surface area contributed by atoms with Crippen molar-refractivity contribution in [2.45, 2.75) is 6.92 Å². The number of nitrogens with one attached hydrogen (secondary N) is 1. The Morgan fingerprint density at radius 1 is 0.867 bits per heavy atom. The number of amides is 1. The van der Waals surface area contributed by atoms with Crippen LogP contribution in [-0.2, 0) is 0 Å². The van der Waals surface area contributed by atoms with Gasteiger partial charge in [-0.3, -0.25) is 14.6 Å². The molecule has 4 rings (SSSR count). The molecule has 0 radical (unpaired) electrons. The Balaban J connectivity index is 1.60. The van der Waals surface area contributed by atoms with Crippen molar-refractivity contribution in [2.24, 2.45) is 0 Å². The smallest absolute Gasteiger partial charge is 0.257 e. The first-order chi connectivity index (χ1) is 14.5. The van der Waals surface area contributed by atoms with Crippen molar-refractivity contribution in [3.8, 4) is 5.75 Å². The van der Waals surface area contributed by atoms with Crippen molar-refractivity contribution < 1.29 is 14.3 Å². The molecule has 0 unspecified atom stereocenters. The van der Waals surface area contributed by atoms with Gasteiger partial charge in [0.25, 0.3) is 5.91 Å². The third-order valence-corrected chi connectivity index (χ3v) is 4.88. The van der Waals surface area contributed by atoms with Crippen LogP contribution in [0.5, 0.6) is 5.75 Å². The number of carbonyl (C=O) groups is 2. The lowest BCUT2D eigenvalue weighted by Crippen LogP contribution is -2.14. The lowest BCUT2D eigenvalue weighted by Gasteiger charge is -2.10. The van der Waals surface area contributed by atoms with Crippen LogP contribution in [0.25, 0.3) is 10.9 Å². The van der Waals surface area contributed by atoms with Gasteiger partial charge in [0, 0.05) is 28.3 Å². The topological polar surface area (TPSA) is 68.3 Å². The van der Waals surface area contributed by atoms with Crippen LogP contribution in [0.2, 0.25) is 0 Å². The monoisotopic (exact) mass is 396 g/mol. The first-order valence-electron chi connectivity index (χ1n) is 9.52. The summed E-state index contributed by atoms with van der Waals surface area (Å²) >= 11 is 0. The summed E-state index contributed by atoms with van der Waals surface area (Å²) in [4.78, 5) is 30.1. The molecule has 4 aromatic rings. The highest BCUT2D eigenvalue weighted by molar-refractivity contribution is 6.11. The first kappa shape index (κ1) is 19.3. The van der Waals surface area contributed by atoms with E-state index in [0.717, 1.165) is 10.9 Å². The Bertz CT molecular complexity index is 1250. The molecule has 0 aliphatic rings. The van der Waals surface area contributed by atoms with E-state index in [1.165, 1.54) is 0 Å². The minimum absolute atomic E-state index is 0.0933. The van der Waals surface area contributed by atoms with Gasteiger partial charge in [0.15, 0.2) is 5.78 Å². The van der Waals surface area contributed by atoms with Crippen LogP contribution in [0.4, 0.5) is 5.69 Å².